The van der Waals surface area contributed by atoms with Crippen molar-refractivity contribution in [3.05, 3.63) is 32.2 Å². The van der Waals surface area contributed by atoms with Crippen LogP contribution < -0.4 is 5.73 Å². The molecule has 6 heteroatoms. The van der Waals surface area contributed by atoms with Gasteiger partial charge in [0.1, 0.15) is 10.0 Å². The molecular weight excluding hydrogens is 354 g/mol. The number of nitrogens with zero attached hydrogens (tertiary/aromatic N) is 2. The Hall–Kier alpha value is -0.300. The molecule has 1 unspecified atom stereocenters. The maximum Gasteiger partial charge on any atom is 0.147 e. The normalized spacial score (nSPS) is 12.8. The van der Waals surface area contributed by atoms with Gasteiger partial charge >= 0.3 is 0 Å². The number of hydrogen-bond donors (Lipinski definition) is 1. The molecule has 1 heterocycles. The SMILES string of the molecule is CC(N)c1nnc(-c2cc(Br)cc(Br)c2)s1. The minimum Gasteiger partial charge on any atom is -0.322 e. The van der Waals surface area contributed by atoms with Crippen LogP contribution in [0.15, 0.2) is 27.1 Å². The summed E-state index contributed by atoms with van der Waals surface area (Å²) in [7, 11) is 0. The molecule has 16 heavy (non-hydrogen) atoms. The Morgan fingerprint density at radius 2 is 1.81 bits per heavy atom. The van der Waals surface area contributed by atoms with E-state index in [1.807, 2.05) is 25.1 Å². The van der Waals surface area contributed by atoms with E-state index in [4.69, 9.17) is 5.73 Å². The van der Waals surface area contributed by atoms with Gasteiger partial charge in [-0.2, -0.15) is 0 Å². The summed E-state index contributed by atoms with van der Waals surface area (Å²) in [4.78, 5) is 0. The van der Waals surface area contributed by atoms with Gasteiger partial charge in [0.25, 0.3) is 0 Å². The first-order valence-corrected chi connectivity index (χ1v) is 7.02. The van der Waals surface area contributed by atoms with Crippen LogP contribution in [0.5, 0.6) is 0 Å². The Bertz CT molecular complexity index is 490. The lowest BCUT2D eigenvalue weighted by Gasteiger charge is -1.98. The summed E-state index contributed by atoms with van der Waals surface area (Å²) < 4.78 is 2.02. The molecule has 0 fully saturated rings. The summed E-state index contributed by atoms with van der Waals surface area (Å²) in [5, 5.41) is 9.94. The molecule has 0 spiro atoms. The largest absolute Gasteiger partial charge is 0.322 e. The molecule has 0 radical (unpaired) electrons. The van der Waals surface area contributed by atoms with Crippen LogP contribution in [0.4, 0.5) is 0 Å². The number of aromatic nitrogens is 2. The van der Waals surface area contributed by atoms with E-state index >= 15 is 0 Å². The Morgan fingerprint density at radius 1 is 1.19 bits per heavy atom. The van der Waals surface area contributed by atoms with Gasteiger partial charge in [-0.3, -0.25) is 0 Å². The molecule has 1 aromatic carbocycles. The predicted molar refractivity (Wildman–Crippen MR) is 73.3 cm³/mol. The van der Waals surface area contributed by atoms with E-state index in [0.29, 0.717) is 0 Å². The van der Waals surface area contributed by atoms with Crippen LogP contribution in [0.3, 0.4) is 0 Å². The zero-order chi connectivity index (χ0) is 11.7. The number of rotatable bonds is 2. The third-order valence-corrected chi connectivity index (χ3v) is 4.03. The molecule has 2 N–H and O–H groups in total. The van der Waals surface area contributed by atoms with E-state index in [1.165, 1.54) is 11.3 Å². The molecule has 0 saturated carbocycles. The molecule has 0 amide bonds. The fourth-order valence-electron chi connectivity index (χ4n) is 1.21. The van der Waals surface area contributed by atoms with Crippen LogP contribution in [0.1, 0.15) is 18.0 Å². The molecule has 0 aliphatic heterocycles. The van der Waals surface area contributed by atoms with Gasteiger partial charge in [-0.1, -0.05) is 43.2 Å². The first kappa shape index (κ1) is 12.2. The van der Waals surface area contributed by atoms with E-state index in [1.54, 1.807) is 0 Å². The molecule has 1 atom stereocenters. The highest BCUT2D eigenvalue weighted by Crippen LogP contribution is 2.30. The molecule has 84 valence electrons. The van der Waals surface area contributed by atoms with Crippen molar-refractivity contribution in [3.63, 3.8) is 0 Å². The number of halogens is 2. The quantitative estimate of drug-likeness (QED) is 0.884. The van der Waals surface area contributed by atoms with E-state index < -0.39 is 0 Å². The third-order valence-electron chi connectivity index (χ3n) is 1.94. The summed E-state index contributed by atoms with van der Waals surface area (Å²) in [6, 6.07) is 5.94. The molecule has 2 rings (SSSR count). The Morgan fingerprint density at radius 3 is 2.31 bits per heavy atom. The topological polar surface area (TPSA) is 51.8 Å². The van der Waals surface area contributed by atoms with Crippen molar-refractivity contribution in [2.75, 3.05) is 0 Å². The molecule has 0 saturated heterocycles. The molecular formula is C10H9Br2N3S. The monoisotopic (exact) mass is 361 g/mol. The van der Waals surface area contributed by atoms with Crippen LogP contribution >= 0.6 is 43.2 Å². The molecule has 2 aromatic rings. The highest BCUT2D eigenvalue weighted by Gasteiger charge is 2.10. The van der Waals surface area contributed by atoms with Crippen molar-refractivity contribution in [1.82, 2.24) is 10.2 Å². The second-order valence-corrected chi connectivity index (χ2v) is 6.23. The van der Waals surface area contributed by atoms with Crippen LogP contribution in [-0.2, 0) is 0 Å². The Balaban J connectivity index is 2.42. The molecule has 0 aliphatic carbocycles. The molecule has 1 aromatic heterocycles. The highest BCUT2D eigenvalue weighted by atomic mass is 79.9. The van der Waals surface area contributed by atoms with Gasteiger partial charge in [-0.15, -0.1) is 10.2 Å². The van der Waals surface area contributed by atoms with Crippen molar-refractivity contribution in [2.24, 2.45) is 5.73 Å². The molecule has 0 aliphatic rings. The van der Waals surface area contributed by atoms with Crippen molar-refractivity contribution < 1.29 is 0 Å². The zero-order valence-corrected chi connectivity index (χ0v) is 12.4. The summed E-state index contributed by atoms with van der Waals surface area (Å²) in [5.74, 6) is 0. The van der Waals surface area contributed by atoms with E-state index in [9.17, 15) is 0 Å². The van der Waals surface area contributed by atoms with Crippen LogP contribution in [-0.4, -0.2) is 10.2 Å². The van der Waals surface area contributed by atoms with Crippen molar-refractivity contribution in [3.8, 4) is 10.6 Å². The fraction of sp³-hybridized carbons (Fsp3) is 0.200. The summed E-state index contributed by atoms with van der Waals surface area (Å²) >= 11 is 8.42. The first-order chi connectivity index (χ1) is 7.56. The fourth-order valence-corrected chi connectivity index (χ4v) is 3.29. The average Bonchev–Trinajstić information content (AvgIpc) is 2.64. The maximum absolute atomic E-state index is 5.75. The van der Waals surface area contributed by atoms with Gasteiger partial charge in [0.2, 0.25) is 0 Å². The van der Waals surface area contributed by atoms with E-state index in [2.05, 4.69) is 42.1 Å². The third kappa shape index (κ3) is 2.68. The van der Waals surface area contributed by atoms with Crippen LogP contribution in [0.25, 0.3) is 10.6 Å². The van der Waals surface area contributed by atoms with Gasteiger partial charge < -0.3 is 5.73 Å². The van der Waals surface area contributed by atoms with Crippen molar-refractivity contribution in [2.45, 2.75) is 13.0 Å². The van der Waals surface area contributed by atoms with Gasteiger partial charge in [-0.05, 0) is 25.1 Å². The average molecular weight is 363 g/mol. The summed E-state index contributed by atoms with van der Waals surface area (Å²) in [5.41, 5.74) is 6.79. The minimum atomic E-state index is -0.0677. The zero-order valence-electron chi connectivity index (χ0n) is 8.45. The lowest BCUT2D eigenvalue weighted by Crippen LogP contribution is -2.03. The van der Waals surface area contributed by atoms with E-state index in [-0.39, 0.29) is 6.04 Å². The second-order valence-electron chi connectivity index (χ2n) is 3.39. The molecule has 3 nitrogen and oxygen atoms in total. The van der Waals surface area contributed by atoms with E-state index in [0.717, 1.165) is 24.5 Å². The number of hydrogen-bond acceptors (Lipinski definition) is 4. The van der Waals surface area contributed by atoms with Gasteiger partial charge in [0, 0.05) is 14.5 Å². The minimum absolute atomic E-state index is 0.0677. The maximum atomic E-state index is 5.75. The molecule has 0 bridgehead atoms. The lowest BCUT2D eigenvalue weighted by atomic mass is 10.2. The predicted octanol–water partition coefficient (Wildman–Crippen LogP) is 3.75. The van der Waals surface area contributed by atoms with Gasteiger partial charge in [-0.25, -0.2) is 0 Å². The van der Waals surface area contributed by atoms with Crippen molar-refractivity contribution >= 4 is 43.2 Å². The Kier molecular flexibility index (Phi) is 3.73. The lowest BCUT2D eigenvalue weighted by molar-refractivity contribution is 0.786. The standard InChI is InChI=1S/C10H9Br2N3S/c1-5(13)9-14-15-10(16-9)6-2-7(11)4-8(12)3-6/h2-5H,13H2,1H3. The first-order valence-electron chi connectivity index (χ1n) is 4.61. The van der Waals surface area contributed by atoms with Crippen LogP contribution in [0.2, 0.25) is 0 Å². The number of nitrogens with two attached hydrogens (primary N) is 1. The van der Waals surface area contributed by atoms with Crippen molar-refractivity contribution in [1.29, 1.82) is 0 Å². The second kappa shape index (κ2) is 4.91. The summed E-state index contributed by atoms with van der Waals surface area (Å²) in [6.45, 7) is 1.90. The smallest absolute Gasteiger partial charge is 0.147 e. The summed E-state index contributed by atoms with van der Waals surface area (Å²) in [6.07, 6.45) is 0. The van der Waals surface area contributed by atoms with Gasteiger partial charge in [0.05, 0.1) is 6.04 Å². The highest BCUT2D eigenvalue weighted by molar-refractivity contribution is 9.11. The Labute approximate surface area is 114 Å². The van der Waals surface area contributed by atoms with Gasteiger partial charge in [0.15, 0.2) is 0 Å². The number of benzene rings is 1. The van der Waals surface area contributed by atoms with Crippen LogP contribution in [0, 0.1) is 0 Å².